The maximum Gasteiger partial charge on any atom is 0.331 e. The number of hydrogen-bond donors (Lipinski definition) is 1. The number of nitrogens with zero attached hydrogens (tertiary/aromatic N) is 3. The Morgan fingerprint density at radius 2 is 1.83 bits per heavy atom. The smallest absolute Gasteiger partial charge is 0.331 e. The Bertz CT molecular complexity index is 1150. The van der Waals surface area contributed by atoms with Crippen LogP contribution in [0.1, 0.15) is 50.7 Å². The first kappa shape index (κ1) is 24.4. The highest BCUT2D eigenvalue weighted by Gasteiger charge is 2.61. The van der Waals surface area contributed by atoms with E-state index in [4.69, 9.17) is 0 Å². The number of carbonyl (C=O) groups is 3. The van der Waals surface area contributed by atoms with Crippen molar-refractivity contribution in [2.75, 3.05) is 11.4 Å². The van der Waals surface area contributed by atoms with Crippen molar-refractivity contribution >= 4 is 29.2 Å². The molecule has 4 amide bonds. The van der Waals surface area contributed by atoms with E-state index in [-0.39, 0.29) is 18.7 Å². The summed E-state index contributed by atoms with van der Waals surface area (Å²) in [6.07, 6.45) is 3.02. The van der Waals surface area contributed by atoms with Crippen LogP contribution < -0.4 is 10.2 Å². The number of amides is 4. The van der Waals surface area contributed by atoms with E-state index in [1.165, 1.54) is 12.1 Å². The number of imide groups is 2. The van der Waals surface area contributed by atoms with Gasteiger partial charge in [0.1, 0.15) is 0 Å². The maximum absolute atomic E-state index is 14.1. The lowest BCUT2D eigenvalue weighted by Crippen LogP contribution is -2.71. The molecule has 9 nitrogen and oxygen atoms in total. The van der Waals surface area contributed by atoms with Gasteiger partial charge in [0.05, 0.1) is 17.5 Å². The Morgan fingerprint density at radius 1 is 1.09 bits per heavy atom. The lowest BCUT2D eigenvalue weighted by molar-refractivity contribution is -0.384. The highest BCUT2D eigenvalue weighted by Crippen LogP contribution is 2.47. The SMILES string of the molecule is CCCCN1c2ccc([N+](=O)[O-])cc2C[C@@]2(C(=O)NC(=O)N(Cc3ccccc3)C2=O)[C@H]1CCC. The number of nitrogens with one attached hydrogen (secondary N) is 1. The largest absolute Gasteiger partial charge is 0.367 e. The summed E-state index contributed by atoms with van der Waals surface area (Å²) in [4.78, 5) is 54.7. The van der Waals surface area contributed by atoms with Crippen LogP contribution in [0.15, 0.2) is 48.5 Å². The number of carbonyl (C=O) groups excluding carboxylic acids is 3. The van der Waals surface area contributed by atoms with E-state index >= 15 is 0 Å². The first-order chi connectivity index (χ1) is 16.8. The summed E-state index contributed by atoms with van der Waals surface area (Å²) in [5.74, 6) is -1.18. The fourth-order valence-corrected chi connectivity index (χ4v) is 5.31. The molecule has 184 valence electrons. The van der Waals surface area contributed by atoms with Gasteiger partial charge in [-0.3, -0.25) is 29.9 Å². The van der Waals surface area contributed by atoms with Gasteiger partial charge < -0.3 is 4.90 Å². The molecule has 4 rings (SSSR count). The Labute approximate surface area is 204 Å². The standard InChI is InChI=1S/C26H30N4O5/c1-3-5-14-28-21-13-12-20(30(34)35)15-19(21)16-26(22(28)9-4-2)23(31)27-25(33)29(24(26)32)17-18-10-7-6-8-11-18/h6-8,10-13,15,22H,3-5,9,14,16-17H2,1-2H3,(H,27,31,33)/t22-,26+/m1/s1. The van der Waals surface area contributed by atoms with Crippen LogP contribution in [0.25, 0.3) is 0 Å². The Kier molecular flexibility index (Phi) is 6.86. The Morgan fingerprint density at radius 3 is 2.49 bits per heavy atom. The summed E-state index contributed by atoms with van der Waals surface area (Å²) in [7, 11) is 0. The van der Waals surface area contributed by atoms with Gasteiger partial charge in [-0.2, -0.15) is 0 Å². The van der Waals surface area contributed by atoms with Gasteiger partial charge in [0, 0.05) is 30.8 Å². The zero-order valence-electron chi connectivity index (χ0n) is 20.0. The second kappa shape index (κ2) is 9.85. The number of unbranched alkanes of at least 4 members (excludes halogenated alkanes) is 1. The molecule has 0 aliphatic carbocycles. The minimum absolute atomic E-state index is 0.000537. The number of rotatable bonds is 8. The van der Waals surface area contributed by atoms with Crippen molar-refractivity contribution in [3.63, 3.8) is 0 Å². The van der Waals surface area contributed by atoms with Crippen LogP contribution in [-0.4, -0.2) is 40.3 Å². The third-order valence-electron chi connectivity index (χ3n) is 6.99. The molecule has 1 spiro atoms. The summed E-state index contributed by atoms with van der Waals surface area (Å²) in [6.45, 7) is 4.69. The molecular weight excluding hydrogens is 448 g/mol. The van der Waals surface area contributed by atoms with E-state index in [0.29, 0.717) is 18.5 Å². The van der Waals surface area contributed by atoms with Gasteiger partial charge in [0.2, 0.25) is 11.8 Å². The van der Waals surface area contributed by atoms with Gasteiger partial charge in [-0.15, -0.1) is 0 Å². The van der Waals surface area contributed by atoms with Crippen LogP contribution in [0.2, 0.25) is 0 Å². The average molecular weight is 479 g/mol. The molecule has 2 heterocycles. The van der Waals surface area contributed by atoms with E-state index in [1.807, 2.05) is 37.3 Å². The first-order valence-corrected chi connectivity index (χ1v) is 12.1. The van der Waals surface area contributed by atoms with Gasteiger partial charge in [0.25, 0.3) is 5.69 Å². The summed E-state index contributed by atoms with van der Waals surface area (Å²) in [6, 6.07) is 12.6. The van der Waals surface area contributed by atoms with Gasteiger partial charge in [0.15, 0.2) is 5.41 Å². The summed E-state index contributed by atoms with van der Waals surface area (Å²) < 4.78 is 0. The number of urea groups is 1. The third-order valence-corrected chi connectivity index (χ3v) is 6.99. The van der Waals surface area contributed by atoms with Crippen molar-refractivity contribution in [1.82, 2.24) is 10.2 Å². The molecule has 2 atom stereocenters. The van der Waals surface area contributed by atoms with E-state index in [9.17, 15) is 24.5 Å². The summed E-state index contributed by atoms with van der Waals surface area (Å²) in [5.41, 5.74) is 0.487. The number of barbiturate groups is 1. The Balaban J connectivity index is 1.85. The van der Waals surface area contributed by atoms with Gasteiger partial charge in [-0.05, 0) is 30.0 Å². The van der Waals surface area contributed by atoms with Crippen LogP contribution in [0.5, 0.6) is 0 Å². The van der Waals surface area contributed by atoms with Gasteiger partial charge in [-0.1, -0.05) is 57.0 Å². The highest BCUT2D eigenvalue weighted by atomic mass is 16.6. The quantitative estimate of drug-likeness (QED) is 0.346. The van der Waals surface area contributed by atoms with Crippen molar-refractivity contribution in [2.45, 2.75) is 58.5 Å². The molecule has 0 saturated carbocycles. The number of fused-ring (bicyclic) bond motifs is 1. The number of nitro groups is 1. The van der Waals surface area contributed by atoms with E-state index in [2.05, 4.69) is 17.1 Å². The van der Waals surface area contributed by atoms with E-state index in [0.717, 1.165) is 35.4 Å². The molecule has 2 aliphatic heterocycles. The highest BCUT2D eigenvalue weighted by molar-refractivity contribution is 6.20. The van der Waals surface area contributed by atoms with E-state index < -0.39 is 34.2 Å². The van der Waals surface area contributed by atoms with Crippen LogP contribution in [0, 0.1) is 15.5 Å². The summed E-state index contributed by atoms with van der Waals surface area (Å²) >= 11 is 0. The number of non-ortho nitro benzene ring substituents is 1. The monoisotopic (exact) mass is 478 g/mol. The zero-order chi connectivity index (χ0) is 25.2. The molecule has 2 aromatic carbocycles. The second-order valence-corrected chi connectivity index (χ2v) is 9.21. The van der Waals surface area contributed by atoms with Crippen LogP contribution >= 0.6 is 0 Å². The topological polar surface area (TPSA) is 113 Å². The van der Waals surface area contributed by atoms with Crippen molar-refractivity contribution in [2.24, 2.45) is 5.41 Å². The normalized spacial score (nSPS) is 21.8. The molecule has 2 aliphatic rings. The lowest BCUT2D eigenvalue weighted by Gasteiger charge is -2.52. The molecule has 9 heteroatoms. The molecule has 35 heavy (non-hydrogen) atoms. The first-order valence-electron chi connectivity index (χ1n) is 12.1. The van der Waals surface area contributed by atoms with Crippen LogP contribution in [0.3, 0.4) is 0 Å². The number of nitro benzene ring substituents is 1. The molecule has 1 fully saturated rings. The molecule has 1 N–H and O–H groups in total. The fourth-order valence-electron chi connectivity index (χ4n) is 5.31. The lowest BCUT2D eigenvalue weighted by atomic mass is 9.67. The van der Waals surface area contributed by atoms with Gasteiger partial charge >= 0.3 is 6.03 Å². The third kappa shape index (κ3) is 4.26. The average Bonchev–Trinajstić information content (AvgIpc) is 2.85. The van der Waals surface area contributed by atoms with Crippen molar-refractivity contribution < 1.29 is 19.3 Å². The number of benzene rings is 2. The Hall–Kier alpha value is -3.75. The van der Waals surface area contributed by atoms with Crippen molar-refractivity contribution in [3.8, 4) is 0 Å². The van der Waals surface area contributed by atoms with Crippen LogP contribution in [0.4, 0.5) is 16.2 Å². The molecule has 1 saturated heterocycles. The van der Waals surface area contributed by atoms with Crippen molar-refractivity contribution in [3.05, 3.63) is 69.8 Å². The molecule has 2 aromatic rings. The summed E-state index contributed by atoms with van der Waals surface area (Å²) in [5, 5.41) is 13.9. The predicted octanol–water partition coefficient (Wildman–Crippen LogP) is 4.19. The molecular formula is C26H30N4O5. The minimum atomic E-state index is -1.56. The van der Waals surface area contributed by atoms with Gasteiger partial charge in [-0.25, -0.2) is 4.79 Å². The van der Waals surface area contributed by atoms with E-state index in [1.54, 1.807) is 6.07 Å². The zero-order valence-corrected chi connectivity index (χ0v) is 20.0. The fraction of sp³-hybridized carbons (Fsp3) is 0.423. The maximum atomic E-state index is 14.1. The molecule has 0 radical (unpaired) electrons. The molecule has 0 unspecified atom stereocenters. The second-order valence-electron chi connectivity index (χ2n) is 9.21. The minimum Gasteiger partial charge on any atom is -0.367 e. The number of anilines is 1. The predicted molar refractivity (Wildman–Crippen MR) is 131 cm³/mol. The van der Waals surface area contributed by atoms with Crippen LogP contribution in [-0.2, 0) is 22.6 Å². The molecule has 0 aromatic heterocycles. The number of hydrogen-bond acceptors (Lipinski definition) is 6. The molecule has 0 bridgehead atoms. The van der Waals surface area contributed by atoms with Crippen molar-refractivity contribution in [1.29, 1.82) is 0 Å².